The third kappa shape index (κ3) is 6.17. The normalized spacial score (nSPS) is 17.9. The number of hydrogen-bond donors (Lipinski definition) is 4. The summed E-state index contributed by atoms with van der Waals surface area (Å²) in [4.78, 5) is 80.0. The molecule has 1 atom stereocenters. The molecule has 5 N–H and O–H groups in total. The Balaban J connectivity index is 1.00. The highest BCUT2D eigenvalue weighted by molar-refractivity contribution is 6.26. The number of hydrogen-bond acceptors (Lipinski definition) is 12. The van der Waals surface area contributed by atoms with Crippen LogP contribution in [-0.4, -0.2) is 106 Å². The van der Waals surface area contributed by atoms with Gasteiger partial charge < -0.3 is 30.7 Å². The topological polar surface area (TPSA) is 217 Å². The Morgan fingerprint density at radius 1 is 0.957 bits per heavy atom. The number of aromatic nitrogens is 2. The standard InChI is InChI=1S/C31H30N8O8/c32-28-22(14-20(35-36-28)17-4-1-2-7-23(17)40)37-10-12-38(13-11-37)26(43)16-47-15-25(42)33-19-6-3-5-18-27(19)31(46)39(30(18)45)21-8-9-24(41)34-29(21)44/h1-7,14,21,40H,8-13,15-16H2,(H2,32,36)(H,33,42)(H,34,41,44). The van der Waals surface area contributed by atoms with Crippen LogP contribution in [-0.2, 0) is 23.9 Å². The van der Waals surface area contributed by atoms with Gasteiger partial charge in [-0.15, -0.1) is 10.2 Å². The summed E-state index contributed by atoms with van der Waals surface area (Å²) in [6.07, 6.45) is -0.0119. The number of piperazine rings is 1. The Morgan fingerprint density at radius 2 is 1.70 bits per heavy atom. The molecule has 0 spiro atoms. The zero-order valence-electron chi connectivity index (χ0n) is 25.0. The van der Waals surface area contributed by atoms with Crippen LogP contribution in [0.2, 0.25) is 0 Å². The van der Waals surface area contributed by atoms with Crippen LogP contribution in [0.5, 0.6) is 5.75 Å². The molecule has 2 fully saturated rings. The predicted octanol–water partition coefficient (Wildman–Crippen LogP) is 0.137. The number of para-hydroxylation sites is 1. The molecule has 0 bridgehead atoms. The lowest BCUT2D eigenvalue weighted by Gasteiger charge is -2.36. The molecule has 2 aromatic carbocycles. The van der Waals surface area contributed by atoms with Gasteiger partial charge in [0, 0.05) is 38.2 Å². The van der Waals surface area contributed by atoms with Gasteiger partial charge in [0.25, 0.3) is 11.8 Å². The second-order valence-electron chi connectivity index (χ2n) is 11.1. The lowest BCUT2D eigenvalue weighted by Crippen LogP contribution is -2.54. The molecule has 0 radical (unpaired) electrons. The lowest BCUT2D eigenvalue weighted by molar-refractivity contribution is -0.138. The number of rotatable bonds is 8. The Bertz CT molecular complexity index is 1810. The van der Waals surface area contributed by atoms with Gasteiger partial charge in [-0.25, -0.2) is 0 Å². The number of fused-ring (bicyclic) bond motifs is 1. The molecular weight excluding hydrogens is 612 g/mol. The number of nitrogens with one attached hydrogen (secondary N) is 2. The van der Waals surface area contributed by atoms with Crippen molar-refractivity contribution in [2.24, 2.45) is 0 Å². The van der Waals surface area contributed by atoms with Crippen LogP contribution in [0.15, 0.2) is 48.5 Å². The fraction of sp³-hybridized carbons (Fsp3) is 0.290. The highest BCUT2D eigenvalue weighted by Crippen LogP contribution is 2.33. The first kappa shape index (κ1) is 31.1. The summed E-state index contributed by atoms with van der Waals surface area (Å²) in [5.41, 5.74) is 7.71. The van der Waals surface area contributed by atoms with Crippen molar-refractivity contribution in [1.29, 1.82) is 0 Å². The van der Waals surface area contributed by atoms with Crippen LogP contribution in [0.1, 0.15) is 33.6 Å². The summed E-state index contributed by atoms with van der Waals surface area (Å²) >= 11 is 0. The van der Waals surface area contributed by atoms with E-state index in [2.05, 4.69) is 20.8 Å². The van der Waals surface area contributed by atoms with Gasteiger partial charge in [-0.05, 0) is 36.8 Å². The number of carbonyl (C=O) groups is 6. The first-order valence-electron chi connectivity index (χ1n) is 14.8. The fourth-order valence-electron chi connectivity index (χ4n) is 5.79. The molecule has 3 aromatic rings. The molecule has 3 aliphatic rings. The number of phenolic OH excluding ortho intramolecular Hbond substituents is 1. The summed E-state index contributed by atoms with van der Waals surface area (Å²) in [6, 6.07) is 11.7. The molecule has 0 saturated carbocycles. The van der Waals surface area contributed by atoms with Crippen molar-refractivity contribution >= 4 is 52.6 Å². The van der Waals surface area contributed by atoms with Crippen molar-refractivity contribution in [2.45, 2.75) is 18.9 Å². The minimum absolute atomic E-state index is 0.00429. The number of amides is 6. The number of phenols is 1. The number of benzene rings is 2. The van der Waals surface area contributed by atoms with Crippen LogP contribution in [0.3, 0.4) is 0 Å². The number of nitrogens with zero attached hydrogens (tertiary/aromatic N) is 5. The number of anilines is 3. The van der Waals surface area contributed by atoms with Gasteiger partial charge in [-0.3, -0.25) is 39.0 Å². The number of carbonyl (C=O) groups excluding carboxylic acids is 6. The molecule has 16 heteroatoms. The maximum absolute atomic E-state index is 13.2. The number of ether oxygens (including phenoxy) is 1. The van der Waals surface area contributed by atoms with Gasteiger partial charge in [-0.2, -0.15) is 0 Å². The van der Waals surface area contributed by atoms with Crippen LogP contribution >= 0.6 is 0 Å². The summed E-state index contributed by atoms with van der Waals surface area (Å²) in [7, 11) is 0. The van der Waals surface area contributed by atoms with E-state index in [4.69, 9.17) is 10.5 Å². The number of aromatic hydroxyl groups is 1. The molecule has 4 heterocycles. The van der Waals surface area contributed by atoms with Crippen molar-refractivity contribution < 1.29 is 38.6 Å². The number of imide groups is 2. The first-order chi connectivity index (χ1) is 22.6. The third-order valence-electron chi connectivity index (χ3n) is 8.16. The van der Waals surface area contributed by atoms with E-state index >= 15 is 0 Å². The van der Waals surface area contributed by atoms with Crippen LogP contribution in [0.4, 0.5) is 17.2 Å². The highest BCUT2D eigenvalue weighted by atomic mass is 16.5. The summed E-state index contributed by atoms with van der Waals surface area (Å²) < 4.78 is 5.37. The molecule has 47 heavy (non-hydrogen) atoms. The summed E-state index contributed by atoms with van der Waals surface area (Å²) in [5.74, 6) is -3.37. The SMILES string of the molecule is Nc1nnc(-c2ccccc2O)cc1N1CCN(C(=O)COCC(=O)Nc2cccc3c2C(=O)N(C2CCC(=O)NC2=O)C3=O)CC1. The average molecular weight is 643 g/mol. The van der Waals surface area contributed by atoms with Gasteiger partial charge in [0.15, 0.2) is 5.82 Å². The van der Waals surface area contributed by atoms with Gasteiger partial charge in [0.1, 0.15) is 25.0 Å². The summed E-state index contributed by atoms with van der Waals surface area (Å²) in [6.45, 7) is 0.754. The molecule has 1 aromatic heterocycles. The molecule has 1 unspecified atom stereocenters. The maximum atomic E-state index is 13.2. The van der Waals surface area contributed by atoms with Crippen molar-refractivity contribution in [3.05, 3.63) is 59.7 Å². The van der Waals surface area contributed by atoms with Crippen molar-refractivity contribution in [3.63, 3.8) is 0 Å². The van der Waals surface area contributed by atoms with Crippen molar-refractivity contribution in [1.82, 2.24) is 25.3 Å². The molecular formula is C31H30N8O8. The van der Waals surface area contributed by atoms with Gasteiger partial charge in [0.05, 0.1) is 28.2 Å². The smallest absolute Gasteiger partial charge is 0.264 e. The molecule has 16 nitrogen and oxygen atoms in total. The number of nitrogen functional groups attached to an aromatic ring is 1. The van der Waals surface area contributed by atoms with Crippen LogP contribution in [0.25, 0.3) is 11.3 Å². The molecule has 6 amide bonds. The first-order valence-corrected chi connectivity index (χ1v) is 14.8. The predicted molar refractivity (Wildman–Crippen MR) is 165 cm³/mol. The molecule has 242 valence electrons. The van der Waals surface area contributed by atoms with E-state index in [0.29, 0.717) is 43.1 Å². The van der Waals surface area contributed by atoms with Gasteiger partial charge in [-0.1, -0.05) is 18.2 Å². The molecule has 2 saturated heterocycles. The number of piperidine rings is 1. The van der Waals surface area contributed by atoms with Gasteiger partial charge >= 0.3 is 0 Å². The Morgan fingerprint density at radius 3 is 2.45 bits per heavy atom. The average Bonchev–Trinajstić information content (AvgIpc) is 3.31. The van der Waals surface area contributed by atoms with Crippen LogP contribution in [0, 0.1) is 0 Å². The molecule has 6 rings (SSSR count). The van der Waals surface area contributed by atoms with E-state index in [-0.39, 0.29) is 53.7 Å². The lowest BCUT2D eigenvalue weighted by atomic mass is 10.0. The Kier molecular flexibility index (Phi) is 8.50. The largest absolute Gasteiger partial charge is 0.507 e. The minimum atomic E-state index is -1.14. The summed E-state index contributed by atoms with van der Waals surface area (Å²) in [5, 5.41) is 23.0. The van der Waals surface area contributed by atoms with Crippen molar-refractivity contribution in [3.8, 4) is 17.0 Å². The maximum Gasteiger partial charge on any atom is 0.264 e. The van der Waals surface area contributed by atoms with E-state index in [0.717, 1.165) is 4.90 Å². The van der Waals surface area contributed by atoms with Crippen LogP contribution < -0.4 is 21.3 Å². The zero-order chi connectivity index (χ0) is 33.2. The van der Waals surface area contributed by atoms with Gasteiger partial charge in [0.2, 0.25) is 23.6 Å². The van der Waals surface area contributed by atoms with E-state index in [1.54, 1.807) is 35.2 Å². The second-order valence-corrected chi connectivity index (χ2v) is 11.1. The van der Waals surface area contributed by atoms with Crippen molar-refractivity contribution in [2.75, 3.05) is 55.3 Å². The Hall–Kier alpha value is -5.90. The Labute approximate surface area is 267 Å². The number of nitrogens with two attached hydrogens (primary N) is 1. The highest BCUT2D eigenvalue weighted by Gasteiger charge is 2.45. The fourth-order valence-corrected chi connectivity index (χ4v) is 5.79. The molecule has 3 aliphatic heterocycles. The second kappa shape index (κ2) is 12.8. The zero-order valence-corrected chi connectivity index (χ0v) is 25.0. The molecule has 0 aliphatic carbocycles. The van der Waals surface area contributed by atoms with E-state index in [1.165, 1.54) is 18.2 Å². The quantitative estimate of drug-likeness (QED) is 0.241. The third-order valence-corrected chi connectivity index (χ3v) is 8.16. The van der Waals surface area contributed by atoms with E-state index in [9.17, 15) is 33.9 Å². The van der Waals surface area contributed by atoms with E-state index < -0.39 is 42.2 Å². The van der Waals surface area contributed by atoms with E-state index in [1.807, 2.05) is 4.90 Å². The monoisotopic (exact) mass is 642 g/mol. The minimum Gasteiger partial charge on any atom is -0.507 e.